The normalized spacial score (nSPS) is 24.8. The first-order chi connectivity index (χ1) is 10.1. The lowest BCUT2D eigenvalue weighted by Crippen LogP contribution is -2.47. The highest BCUT2D eigenvalue weighted by molar-refractivity contribution is 5.75. The first-order valence-corrected chi connectivity index (χ1v) is 7.39. The molecule has 1 fully saturated rings. The largest absolute Gasteiger partial charge is 0.494 e. The highest BCUT2D eigenvalue weighted by atomic mass is 16.5. The molecule has 2 atom stereocenters. The molecule has 1 aliphatic heterocycles. The van der Waals surface area contributed by atoms with Crippen molar-refractivity contribution < 1.29 is 19.4 Å². The van der Waals surface area contributed by atoms with E-state index in [0.29, 0.717) is 32.5 Å². The molecular formula is C16H23NO4. The minimum Gasteiger partial charge on any atom is -0.494 e. The van der Waals surface area contributed by atoms with Crippen molar-refractivity contribution in [3.8, 4) is 5.75 Å². The van der Waals surface area contributed by atoms with Gasteiger partial charge in [0.2, 0.25) is 5.91 Å². The molecule has 1 aliphatic rings. The minimum absolute atomic E-state index is 0.0702. The van der Waals surface area contributed by atoms with E-state index in [4.69, 9.17) is 9.47 Å². The second kappa shape index (κ2) is 7.43. The number of hydrogen-bond donors (Lipinski definition) is 2. The van der Waals surface area contributed by atoms with Crippen LogP contribution in [-0.2, 0) is 9.53 Å². The lowest BCUT2D eigenvalue weighted by atomic mass is 9.97. The molecule has 0 aliphatic carbocycles. The van der Waals surface area contributed by atoms with E-state index in [2.05, 4.69) is 5.32 Å². The number of para-hydroxylation sites is 1. The number of ether oxygens (including phenoxy) is 2. The van der Waals surface area contributed by atoms with Crippen molar-refractivity contribution in [1.82, 2.24) is 5.32 Å². The zero-order chi connectivity index (χ0) is 15.1. The van der Waals surface area contributed by atoms with Crippen molar-refractivity contribution in [3.05, 3.63) is 30.3 Å². The van der Waals surface area contributed by atoms with Crippen LogP contribution in [0.4, 0.5) is 0 Å². The van der Waals surface area contributed by atoms with Gasteiger partial charge in [0, 0.05) is 26.0 Å². The summed E-state index contributed by atoms with van der Waals surface area (Å²) < 4.78 is 10.8. The highest BCUT2D eigenvalue weighted by Crippen LogP contribution is 2.24. The Morgan fingerprint density at radius 3 is 2.90 bits per heavy atom. The molecule has 2 rings (SSSR count). The molecule has 1 aromatic rings. The van der Waals surface area contributed by atoms with Gasteiger partial charge in [0.05, 0.1) is 12.7 Å². The van der Waals surface area contributed by atoms with Gasteiger partial charge in [0.25, 0.3) is 0 Å². The van der Waals surface area contributed by atoms with Crippen molar-refractivity contribution in [2.24, 2.45) is 0 Å². The second-order valence-electron chi connectivity index (χ2n) is 5.41. The maximum atomic E-state index is 11.7. The Labute approximate surface area is 125 Å². The van der Waals surface area contributed by atoms with Crippen molar-refractivity contribution in [2.45, 2.75) is 37.9 Å². The molecular weight excluding hydrogens is 270 g/mol. The summed E-state index contributed by atoms with van der Waals surface area (Å²) in [6, 6.07) is 9.52. The molecule has 5 heteroatoms. The van der Waals surface area contributed by atoms with Gasteiger partial charge in [0.1, 0.15) is 11.4 Å². The van der Waals surface area contributed by atoms with Gasteiger partial charge in [0.15, 0.2) is 0 Å². The number of hydrogen-bond acceptors (Lipinski definition) is 4. The smallest absolute Gasteiger partial charge is 0.220 e. The number of carbonyl (C=O) groups excluding carboxylic acids is 1. The summed E-state index contributed by atoms with van der Waals surface area (Å²) in [7, 11) is 0. The number of carbonyl (C=O) groups is 1. The topological polar surface area (TPSA) is 67.8 Å². The molecule has 0 spiro atoms. The predicted octanol–water partition coefficient (Wildman–Crippen LogP) is 1.50. The molecule has 5 nitrogen and oxygen atoms in total. The van der Waals surface area contributed by atoms with Crippen LogP contribution >= 0.6 is 0 Å². The number of aliphatic hydroxyl groups is 1. The summed E-state index contributed by atoms with van der Waals surface area (Å²) in [4.78, 5) is 11.7. The van der Waals surface area contributed by atoms with Crippen molar-refractivity contribution in [3.63, 3.8) is 0 Å². The SMILES string of the molecule is CC1OCCC1(O)CNC(=O)CCCOc1ccccc1. The van der Waals surface area contributed by atoms with E-state index in [1.807, 2.05) is 37.3 Å². The molecule has 21 heavy (non-hydrogen) atoms. The Morgan fingerprint density at radius 2 is 2.24 bits per heavy atom. The second-order valence-corrected chi connectivity index (χ2v) is 5.41. The van der Waals surface area contributed by atoms with Gasteiger partial charge in [-0.2, -0.15) is 0 Å². The third-order valence-electron chi connectivity index (χ3n) is 3.81. The molecule has 2 N–H and O–H groups in total. The molecule has 1 heterocycles. The van der Waals surface area contributed by atoms with E-state index in [1.165, 1.54) is 0 Å². The van der Waals surface area contributed by atoms with Gasteiger partial charge in [-0.05, 0) is 25.5 Å². The Morgan fingerprint density at radius 1 is 1.48 bits per heavy atom. The molecule has 1 aromatic carbocycles. The number of benzene rings is 1. The van der Waals surface area contributed by atoms with Crippen LogP contribution in [0.1, 0.15) is 26.2 Å². The zero-order valence-corrected chi connectivity index (χ0v) is 12.4. The molecule has 1 saturated heterocycles. The Balaban J connectivity index is 1.60. The lowest BCUT2D eigenvalue weighted by Gasteiger charge is -2.26. The lowest BCUT2D eigenvalue weighted by molar-refractivity contribution is -0.123. The molecule has 1 amide bonds. The van der Waals surface area contributed by atoms with Gasteiger partial charge in [-0.1, -0.05) is 18.2 Å². The number of nitrogens with one attached hydrogen (secondary N) is 1. The maximum absolute atomic E-state index is 11.7. The summed E-state index contributed by atoms with van der Waals surface area (Å²) in [5, 5.41) is 13.0. The van der Waals surface area contributed by atoms with Crippen LogP contribution < -0.4 is 10.1 Å². The van der Waals surface area contributed by atoms with E-state index < -0.39 is 5.60 Å². The van der Waals surface area contributed by atoms with E-state index in [9.17, 15) is 9.90 Å². The molecule has 0 saturated carbocycles. The number of rotatable bonds is 7. The van der Waals surface area contributed by atoms with Gasteiger partial charge in [-0.25, -0.2) is 0 Å². The third-order valence-corrected chi connectivity index (χ3v) is 3.81. The van der Waals surface area contributed by atoms with Crippen LogP contribution in [0.15, 0.2) is 30.3 Å². The van der Waals surface area contributed by atoms with Crippen LogP contribution in [0.2, 0.25) is 0 Å². The summed E-state index contributed by atoms with van der Waals surface area (Å²) in [6.45, 7) is 3.11. The van der Waals surface area contributed by atoms with Gasteiger partial charge in [-0.15, -0.1) is 0 Å². The highest BCUT2D eigenvalue weighted by Gasteiger charge is 2.39. The van der Waals surface area contributed by atoms with Crippen LogP contribution in [0.25, 0.3) is 0 Å². The predicted molar refractivity (Wildman–Crippen MR) is 79.2 cm³/mol. The van der Waals surface area contributed by atoms with Crippen LogP contribution in [0, 0.1) is 0 Å². The molecule has 0 radical (unpaired) electrons. The van der Waals surface area contributed by atoms with Crippen LogP contribution in [0.3, 0.4) is 0 Å². The van der Waals surface area contributed by atoms with E-state index >= 15 is 0 Å². The van der Waals surface area contributed by atoms with Gasteiger partial charge < -0.3 is 19.9 Å². The molecule has 0 aromatic heterocycles. The first kappa shape index (κ1) is 15.8. The van der Waals surface area contributed by atoms with Crippen molar-refractivity contribution in [2.75, 3.05) is 19.8 Å². The fourth-order valence-corrected chi connectivity index (χ4v) is 2.28. The van der Waals surface area contributed by atoms with Crippen molar-refractivity contribution in [1.29, 1.82) is 0 Å². The van der Waals surface area contributed by atoms with Crippen LogP contribution in [-0.4, -0.2) is 42.5 Å². The zero-order valence-electron chi connectivity index (χ0n) is 12.4. The van der Waals surface area contributed by atoms with Crippen molar-refractivity contribution >= 4 is 5.91 Å². The van der Waals surface area contributed by atoms with Crippen LogP contribution in [0.5, 0.6) is 5.75 Å². The Bertz CT molecular complexity index is 451. The summed E-state index contributed by atoms with van der Waals surface area (Å²) in [5.41, 5.74) is -0.934. The van der Waals surface area contributed by atoms with Gasteiger partial charge in [-0.3, -0.25) is 4.79 Å². The van der Waals surface area contributed by atoms with E-state index in [-0.39, 0.29) is 18.6 Å². The number of amides is 1. The Kier molecular flexibility index (Phi) is 5.59. The average molecular weight is 293 g/mol. The average Bonchev–Trinajstić information content (AvgIpc) is 2.83. The van der Waals surface area contributed by atoms with Gasteiger partial charge >= 0.3 is 0 Å². The quantitative estimate of drug-likeness (QED) is 0.748. The standard InChI is InChI=1S/C16H23NO4/c1-13-16(19,9-11-20-13)12-17-15(18)8-5-10-21-14-6-3-2-4-7-14/h2-4,6-7,13,19H,5,8-12H2,1H3,(H,17,18). The molecule has 2 unspecified atom stereocenters. The summed E-state index contributed by atoms with van der Waals surface area (Å²) >= 11 is 0. The Hall–Kier alpha value is -1.59. The maximum Gasteiger partial charge on any atom is 0.220 e. The van der Waals surface area contributed by atoms with E-state index in [1.54, 1.807) is 0 Å². The first-order valence-electron chi connectivity index (χ1n) is 7.39. The molecule has 116 valence electrons. The minimum atomic E-state index is -0.934. The third kappa shape index (κ3) is 4.72. The monoisotopic (exact) mass is 293 g/mol. The fraction of sp³-hybridized carbons (Fsp3) is 0.562. The fourth-order valence-electron chi connectivity index (χ4n) is 2.28. The van der Waals surface area contributed by atoms with E-state index in [0.717, 1.165) is 5.75 Å². The summed E-state index contributed by atoms with van der Waals surface area (Å²) in [6.07, 6.45) is 1.36. The molecule has 0 bridgehead atoms. The summed E-state index contributed by atoms with van der Waals surface area (Å²) in [5.74, 6) is 0.739.